The minimum atomic E-state index is 0.847. The van der Waals surface area contributed by atoms with Gasteiger partial charge in [0, 0.05) is 79.4 Å². The molecule has 380 valence electrons. The van der Waals surface area contributed by atoms with Crippen LogP contribution < -0.4 is 19.6 Å². The molecule has 0 N–H and O–H groups in total. The third-order valence-electron chi connectivity index (χ3n) is 14.3. The lowest BCUT2D eigenvalue weighted by atomic mass is 9.99. The molecular weight excluding hydrogens is 949 g/mol. The molecule has 0 aliphatic heterocycles. The fraction of sp³-hybridized carbons (Fsp3) is 0.0833. The molecule has 78 heavy (non-hydrogen) atoms. The molecule has 0 aliphatic rings. The zero-order chi connectivity index (χ0) is 53.2. The first-order valence-corrected chi connectivity index (χ1v) is 26.9. The van der Waals surface area contributed by atoms with Gasteiger partial charge in [-0.2, -0.15) is 0 Å². The maximum absolute atomic E-state index is 5.59. The molecule has 6 heteroatoms. The van der Waals surface area contributed by atoms with Crippen molar-refractivity contribution in [3.05, 3.63) is 302 Å². The summed E-state index contributed by atoms with van der Waals surface area (Å²) < 4.78 is 0. The molecule has 1 heterocycles. The molecule has 0 amide bonds. The SMILES string of the molecule is CCc1ccc(CC)c2nc(-c3ccc(N(c4ccccc4)c4ccc(N(c5ccccc5)c5ccccc5)cc4)cc3)c(-c3ccc(N(/C(C)=C/C=C(\C)N(c4ccccc4)c4ccccc4)c4ccccc4)cc3)nc12. The molecule has 0 aliphatic carbocycles. The second kappa shape index (κ2) is 23.4. The second-order valence-electron chi connectivity index (χ2n) is 19.3. The molecule has 0 bridgehead atoms. The molecule has 0 spiro atoms. The molecule has 11 rings (SSSR count). The van der Waals surface area contributed by atoms with Crippen molar-refractivity contribution in [1.29, 1.82) is 0 Å². The lowest BCUT2D eigenvalue weighted by Gasteiger charge is -2.28. The normalized spacial score (nSPS) is 11.6. The van der Waals surface area contributed by atoms with Gasteiger partial charge in [0.05, 0.1) is 22.4 Å². The molecule has 0 radical (unpaired) electrons. The highest BCUT2D eigenvalue weighted by Crippen LogP contribution is 2.42. The molecule has 0 atom stereocenters. The number of anilines is 10. The summed E-state index contributed by atoms with van der Waals surface area (Å²) in [7, 11) is 0. The fourth-order valence-corrected chi connectivity index (χ4v) is 10.4. The zero-order valence-electron chi connectivity index (χ0n) is 44.7. The van der Waals surface area contributed by atoms with Crippen molar-refractivity contribution in [2.24, 2.45) is 0 Å². The summed E-state index contributed by atoms with van der Waals surface area (Å²) in [5, 5.41) is 0. The summed E-state index contributed by atoms with van der Waals surface area (Å²) in [6.45, 7) is 8.74. The summed E-state index contributed by atoms with van der Waals surface area (Å²) in [5.74, 6) is 0. The van der Waals surface area contributed by atoms with Crippen molar-refractivity contribution in [2.75, 3.05) is 19.6 Å². The molecule has 10 aromatic carbocycles. The number of hydrogen-bond donors (Lipinski definition) is 0. The van der Waals surface area contributed by atoms with Crippen LogP contribution in [0.3, 0.4) is 0 Å². The Bertz CT molecular complexity index is 3710. The Morgan fingerprint density at radius 1 is 0.295 bits per heavy atom. The molecular formula is C72H62N6. The Hall–Kier alpha value is -9.78. The van der Waals surface area contributed by atoms with Gasteiger partial charge in [0.15, 0.2) is 0 Å². The quantitative estimate of drug-likeness (QED) is 0.0847. The molecule has 1 aromatic heterocycles. The Labute approximate surface area is 459 Å². The number of para-hydroxylation sites is 6. The number of aromatic nitrogens is 2. The van der Waals surface area contributed by atoms with Crippen LogP contribution in [0.25, 0.3) is 33.5 Å². The number of aryl methyl sites for hydroxylation is 2. The number of benzene rings is 10. The van der Waals surface area contributed by atoms with Gasteiger partial charge in [-0.05, 0) is 171 Å². The van der Waals surface area contributed by atoms with Crippen LogP contribution in [0, 0.1) is 0 Å². The van der Waals surface area contributed by atoms with Crippen LogP contribution in [0.15, 0.2) is 290 Å². The maximum Gasteiger partial charge on any atom is 0.0973 e. The number of nitrogens with zero attached hydrogens (tertiary/aromatic N) is 6. The van der Waals surface area contributed by atoms with Gasteiger partial charge in [-0.25, -0.2) is 9.97 Å². The lowest BCUT2D eigenvalue weighted by molar-refractivity contribution is 1.10. The van der Waals surface area contributed by atoms with E-state index < -0.39 is 0 Å². The minimum absolute atomic E-state index is 0.847. The van der Waals surface area contributed by atoms with Crippen LogP contribution in [-0.4, -0.2) is 9.97 Å². The van der Waals surface area contributed by atoms with Gasteiger partial charge >= 0.3 is 0 Å². The lowest BCUT2D eigenvalue weighted by Crippen LogP contribution is -2.15. The maximum atomic E-state index is 5.59. The summed E-state index contributed by atoms with van der Waals surface area (Å²) in [6.07, 6.45) is 6.13. The minimum Gasteiger partial charge on any atom is -0.315 e. The van der Waals surface area contributed by atoms with Gasteiger partial charge in [-0.15, -0.1) is 0 Å². The van der Waals surface area contributed by atoms with E-state index in [2.05, 4.69) is 326 Å². The summed E-state index contributed by atoms with van der Waals surface area (Å²) >= 11 is 0. The van der Waals surface area contributed by atoms with Crippen LogP contribution >= 0.6 is 0 Å². The van der Waals surface area contributed by atoms with Crippen LogP contribution in [0.4, 0.5) is 56.9 Å². The number of rotatable bonds is 17. The Morgan fingerprint density at radius 3 is 0.808 bits per heavy atom. The highest BCUT2D eigenvalue weighted by molar-refractivity contribution is 5.91. The highest BCUT2D eigenvalue weighted by Gasteiger charge is 2.21. The first kappa shape index (κ1) is 50.4. The Morgan fingerprint density at radius 2 is 0.526 bits per heavy atom. The molecule has 0 fully saturated rings. The first-order chi connectivity index (χ1) is 38.4. The van der Waals surface area contributed by atoms with Crippen molar-refractivity contribution >= 4 is 67.9 Å². The number of fused-ring (bicyclic) bond motifs is 1. The molecule has 0 saturated carbocycles. The molecule has 6 nitrogen and oxygen atoms in total. The summed E-state index contributed by atoms with van der Waals surface area (Å²) in [6, 6.07) is 94.2. The van der Waals surface area contributed by atoms with Gasteiger partial charge < -0.3 is 19.6 Å². The standard InChI is InChI=1S/C72H62N6/c1-5-55-39-40-56(6-2)70-69(55)73-71(57-41-45-65(46-42-57)76(61-29-17-9-18-30-61)54(4)38-37-53(3)75(59-25-13-7-14-26-59)60-27-15-8-16-28-60)72(74-70)58-43-47-66(48-44-58)78(64-35-23-12-24-36-64)68-51-49-67(50-52-68)77(62-31-19-10-20-32-62)63-33-21-11-22-34-63/h7-52H,5-6H2,1-4H3/b53-37+,54-38+. The van der Waals surface area contributed by atoms with E-state index in [9.17, 15) is 0 Å². The van der Waals surface area contributed by atoms with Crippen molar-refractivity contribution in [3.8, 4) is 22.5 Å². The van der Waals surface area contributed by atoms with Crippen molar-refractivity contribution < 1.29 is 0 Å². The molecule has 0 saturated heterocycles. The van der Waals surface area contributed by atoms with Crippen LogP contribution in [-0.2, 0) is 12.8 Å². The topological polar surface area (TPSA) is 38.7 Å². The first-order valence-electron chi connectivity index (χ1n) is 26.9. The fourth-order valence-electron chi connectivity index (χ4n) is 10.4. The summed E-state index contributed by atoms with van der Waals surface area (Å²) in [5.41, 5.74) is 20.9. The van der Waals surface area contributed by atoms with Crippen LogP contribution in [0.1, 0.15) is 38.8 Å². The largest absolute Gasteiger partial charge is 0.315 e. The van der Waals surface area contributed by atoms with E-state index >= 15 is 0 Å². The van der Waals surface area contributed by atoms with E-state index in [0.717, 1.165) is 115 Å². The molecule has 11 aromatic rings. The van der Waals surface area contributed by atoms with Crippen molar-refractivity contribution in [2.45, 2.75) is 40.5 Å². The van der Waals surface area contributed by atoms with E-state index in [1.54, 1.807) is 0 Å². The van der Waals surface area contributed by atoms with Crippen molar-refractivity contribution in [1.82, 2.24) is 9.97 Å². The van der Waals surface area contributed by atoms with Gasteiger partial charge in [-0.1, -0.05) is 159 Å². The highest BCUT2D eigenvalue weighted by atomic mass is 15.2. The van der Waals surface area contributed by atoms with Gasteiger partial charge in [-0.3, -0.25) is 0 Å². The second-order valence-corrected chi connectivity index (χ2v) is 19.3. The van der Waals surface area contributed by atoms with E-state index in [0.29, 0.717) is 0 Å². The van der Waals surface area contributed by atoms with Gasteiger partial charge in [0.1, 0.15) is 0 Å². The average molecular weight is 1010 g/mol. The zero-order valence-corrected chi connectivity index (χ0v) is 44.7. The van der Waals surface area contributed by atoms with Crippen LogP contribution in [0.2, 0.25) is 0 Å². The molecule has 0 unspecified atom stereocenters. The Kier molecular flexibility index (Phi) is 15.1. The van der Waals surface area contributed by atoms with Gasteiger partial charge in [0.25, 0.3) is 0 Å². The summed E-state index contributed by atoms with van der Waals surface area (Å²) in [4.78, 5) is 20.4. The average Bonchev–Trinajstić information content (AvgIpc) is 3.62. The van der Waals surface area contributed by atoms with E-state index in [-0.39, 0.29) is 0 Å². The smallest absolute Gasteiger partial charge is 0.0973 e. The predicted molar refractivity (Wildman–Crippen MR) is 330 cm³/mol. The van der Waals surface area contributed by atoms with E-state index in [4.69, 9.17) is 9.97 Å². The Balaban J connectivity index is 0.965. The van der Waals surface area contributed by atoms with Crippen molar-refractivity contribution in [3.63, 3.8) is 0 Å². The third-order valence-corrected chi connectivity index (χ3v) is 14.3. The van der Waals surface area contributed by atoms with E-state index in [1.165, 1.54) is 11.1 Å². The predicted octanol–water partition coefficient (Wildman–Crippen LogP) is 19.8. The van der Waals surface area contributed by atoms with Crippen LogP contribution in [0.5, 0.6) is 0 Å². The third kappa shape index (κ3) is 10.7. The number of allylic oxidation sites excluding steroid dienone is 4. The van der Waals surface area contributed by atoms with Gasteiger partial charge in [0.2, 0.25) is 0 Å². The monoisotopic (exact) mass is 1010 g/mol. The number of hydrogen-bond acceptors (Lipinski definition) is 6. The van der Waals surface area contributed by atoms with E-state index in [1.807, 2.05) is 0 Å².